The number of rotatable bonds is 7. The number of likely N-dealkylation sites (N-methyl/N-ethyl adjacent to an activating group) is 1. The molecule has 1 aliphatic heterocycles. The molecule has 2 aliphatic rings. The smallest absolute Gasteiger partial charge is 0.272 e. The summed E-state index contributed by atoms with van der Waals surface area (Å²) in [5, 5.41) is 3.95. The minimum Gasteiger partial charge on any atom is -0.496 e. The number of carbonyl (C=O) groups excluding carboxylic acids is 1. The van der Waals surface area contributed by atoms with E-state index in [-0.39, 0.29) is 5.91 Å². The van der Waals surface area contributed by atoms with Crippen LogP contribution in [-0.2, 0) is 7.05 Å². The van der Waals surface area contributed by atoms with Gasteiger partial charge >= 0.3 is 0 Å². The quantitative estimate of drug-likeness (QED) is 0.248. The first-order valence-electron chi connectivity index (χ1n) is 16.2. The van der Waals surface area contributed by atoms with Crippen molar-refractivity contribution in [2.45, 2.75) is 44.6 Å². The summed E-state index contributed by atoms with van der Waals surface area (Å²) in [5.41, 5.74) is 5.81. The zero-order chi connectivity index (χ0) is 31.9. The van der Waals surface area contributed by atoms with E-state index in [2.05, 4.69) is 31.5 Å². The monoisotopic (exact) mass is 621 g/mol. The van der Waals surface area contributed by atoms with E-state index in [1.165, 1.54) is 25.9 Å². The molecule has 10 heteroatoms. The van der Waals surface area contributed by atoms with Crippen LogP contribution in [0, 0.1) is 6.92 Å². The fraction of sp³-hybridized carbons (Fsp3) is 0.417. The van der Waals surface area contributed by atoms with Gasteiger partial charge in [0.1, 0.15) is 23.0 Å². The van der Waals surface area contributed by atoms with Crippen molar-refractivity contribution in [1.82, 2.24) is 28.7 Å². The van der Waals surface area contributed by atoms with Gasteiger partial charge in [-0.15, -0.1) is 0 Å². The van der Waals surface area contributed by atoms with Gasteiger partial charge < -0.3 is 24.3 Å². The van der Waals surface area contributed by atoms with Gasteiger partial charge in [-0.25, -0.2) is 4.98 Å². The number of ether oxygens (including phenoxy) is 2. The Morgan fingerprint density at radius 2 is 1.70 bits per heavy atom. The van der Waals surface area contributed by atoms with Crippen LogP contribution in [-0.4, -0.2) is 88.1 Å². The number of nitrogens with one attached hydrogen (secondary N) is 1. The Balaban J connectivity index is 1.15. The molecular weight excluding hydrogens is 578 g/mol. The first kappa shape index (κ1) is 30.3. The molecule has 3 aromatic heterocycles. The van der Waals surface area contributed by atoms with E-state index in [4.69, 9.17) is 14.5 Å². The lowest BCUT2D eigenvalue weighted by atomic mass is 9.84. The fourth-order valence-corrected chi connectivity index (χ4v) is 7.45. The second-order valence-electron chi connectivity index (χ2n) is 12.7. The minimum atomic E-state index is -0.228. The van der Waals surface area contributed by atoms with Crippen molar-refractivity contribution < 1.29 is 14.3 Å². The van der Waals surface area contributed by atoms with Crippen LogP contribution in [0.1, 0.15) is 53.6 Å². The summed E-state index contributed by atoms with van der Waals surface area (Å²) >= 11 is 0. The number of amides is 1. The van der Waals surface area contributed by atoms with Crippen LogP contribution in [0.15, 0.2) is 54.9 Å². The number of methoxy groups -OCH3 is 2. The molecule has 1 aliphatic carbocycles. The number of aromatic nitrogens is 4. The van der Waals surface area contributed by atoms with Crippen molar-refractivity contribution in [3.05, 3.63) is 72.1 Å². The van der Waals surface area contributed by atoms with Crippen LogP contribution < -0.4 is 14.8 Å². The molecule has 0 unspecified atom stereocenters. The first-order chi connectivity index (χ1) is 22.4. The minimum absolute atomic E-state index is 0.228. The third kappa shape index (κ3) is 5.39. The molecule has 1 saturated heterocycles. The maximum atomic E-state index is 13.5. The Kier molecular flexibility index (Phi) is 8.16. The zero-order valence-electron chi connectivity index (χ0n) is 27.4. The topological polar surface area (TPSA) is 89.2 Å². The average Bonchev–Trinajstić information content (AvgIpc) is 3.64. The van der Waals surface area contributed by atoms with E-state index in [1.807, 2.05) is 73.4 Å². The summed E-state index contributed by atoms with van der Waals surface area (Å²) in [6.45, 7) is 6.69. The van der Waals surface area contributed by atoms with Gasteiger partial charge in [-0.3, -0.25) is 19.1 Å². The van der Waals surface area contributed by atoms with Crippen LogP contribution in [0.3, 0.4) is 0 Å². The third-order valence-electron chi connectivity index (χ3n) is 10.1. The van der Waals surface area contributed by atoms with E-state index in [0.29, 0.717) is 29.1 Å². The molecule has 1 saturated carbocycles. The summed E-state index contributed by atoms with van der Waals surface area (Å²) < 4.78 is 15.5. The summed E-state index contributed by atoms with van der Waals surface area (Å²) in [7, 11) is 7.36. The summed E-state index contributed by atoms with van der Waals surface area (Å²) in [6.07, 6.45) is 8.58. The summed E-state index contributed by atoms with van der Waals surface area (Å²) in [4.78, 5) is 28.6. The van der Waals surface area contributed by atoms with Gasteiger partial charge in [-0.05, 0) is 70.0 Å². The van der Waals surface area contributed by atoms with Crippen LogP contribution >= 0.6 is 0 Å². The maximum absolute atomic E-state index is 13.5. The second kappa shape index (κ2) is 12.4. The van der Waals surface area contributed by atoms with Crippen molar-refractivity contribution in [3.63, 3.8) is 0 Å². The second-order valence-corrected chi connectivity index (χ2v) is 12.7. The highest BCUT2D eigenvalue weighted by Crippen LogP contribution is 2.39. The van der Waals surface area contributed by atoms with E-state index in [9.17, 15) is 4.79 Å². The molecule has 0 spiro atoms. The van der Waals surface area contributed by atoms with Gasteiger partial charge in [-0.2, -0.15) is 0 Å². The fourth-order valence-electron chi connectivity index (χ4n) is 7.45. The molecule has 5 aromatic rings. The number of hydrogen-bond acceptors (Lipinski definition) is 7. The number of hydrogen-bond donors (Lipinski definition) is 1. The highest BCUT2D eigenvalue weighted by Gasteiger charge is 2.31. The van der Waals surface area contributed by atoms with Crippen LogP contribution in [0.5, 0.6) is 11.5 Å². The molecule has 0 atom stereocenters. The molecule has 10 nitrogen and oxygen atoms in total. The first-order valence-corrected chi connectivity index (χ1v) is 16.2. The molecule has 46 heavy (non-hydrogen) atoms. The Labute approximate surface area is 269 Å². The molecule has 2 fully saturated rings. The number of imidazole rings is 1. The van der Waals surface area contributed by atoms with E-state index < -0.39 is 0 Å². The summed E-state index contributed by atoms with van der Waals surface area (Å²) in [6, 6.07) is 14.2. The SMILES string of the molecule is COc1cc(-c2nc([C@H]3CC[C@@H](N4CCN(C)CC4)CC3)n3ccnc(C)c23)ccc1NC(=O)c1cc2c(OC)cccc2n1C. The number of benzene rings is 2. The molecule has 7 rings (SSSR count). The van der Waals surface area contributed by atoms with E-state index in [0.717, 1.165) is 70.9 Å². The van der Waals surface area contributed by atoms with Crippen molar-refractivity contribution in [2.75, 3.05) is 52.8 Å². The Bertz CT molecular complexity index is 1900. The standard InChI is InChI=1S/C36H43N7O3/c1-23-34-33(39-35(43(34)16-15-37-23)24-9-12-26(13-10-24)42-19-17-40(2)18-20-42)25-11-14-28(32(21-25)46-5)38-36(44)30-22-27-29(41(30)3)7-6-8-31(27)45-4/h6-8,11,14-16,21-22,24,26H,9-10,12-13,17-20H2,1-5H3,(H,38,44)/t24-,26+. The van der Waals surface area contributed by atoms with Gasteiger partial charge in [0.15, 0.2) is 0 Å². The van der Waals surface area contributed by atoms with Gasteiger partial charge in [0.2, 0.25) is 0 Å². The number of aryl methyl sites for hydroxylation is 2. The van der Waals surface area contributed by atoms with Gasteiger partial charge in [0.25, 0.3) is 5.91 Å². The molecule has 0 radical (unpaired) electrons. The highest BCUT2D eigenvalue weighted by atomic mass is 16.5. The lowest BCUT2D eigenvalue weighted by Gasteiger charge is -2.41. The molecule has 240 valence electrons. The highest BCUT2D eigenvalue weighted by molar-refractivity contribution is 6.08. The Morgan fingerprint density at radius 1 is 0.935 bits per heavy atom. The van der Waals surface area contributed by atoms with Crippen molar-refractivity contribution in [2.24, 2.45) is 7.05 Å². The third-order valence-corrected chi connectivity index (χ3v) is 10.1. The van der Waals surface area contributed by atoms with Gasteiger partial charge in [0.05, 0.1) is 42.3 Å². The van der Waals surface area contributed by atoms with E-state index in [1.54, 1.807) is 14.2 Å². The normalized spacial score (nSPS) is 19.5. The Hall–Kier alpha value is -4.41. The molecule has 2 aromatic carbocycles. The molecule has 1 N–H and O–H groups in total. The molecule has 0 bridgehead atoms. The number of anilines is 1. The molecular formula is C36H43N7O3. The largest absolute Gasteiger partial charge is 0.496 e. The summed E-state index contributed by atoms with van der Waals surface area (Å²) in [5.74, 6) is 2.57. The number of piperazine rings is 1. The molecule has 1 amide bonds. The zero-order valence-corrected chi connectivity index (χ0v) is 27.4. The van der Waals surface area contributed by atoms with Crippen molar-refractivity contribution >= 4 is 28.0 Å². The van der Waals surface area contributed by atoms with Crippen LogP contribution in [0.25, 0.3) is 27.7 Å². The van der Waals surface area contributed by atoms with Crippen molar-refractivity contribution in [3.8, 4) is 22.8 Å². The number of carbonyl (C=O) groups is 1. The van der Waals surface area contributed by atoms with Gasteiger partial charge in [-0.1, -0.05) is 12.1 Å². The van der Waals surface area contributed by atoms with Crippen LogP contribution in [0.4, 0.5) is 5.69 Å². The predicted octanol–water partition coefficient (Wildman–Crippen LogP) is 5.74. The number of fused-ring (bicyclic) bond motifs is 2. The van der Waals surface area contributed by atoms with Crippen LogP contribution in [0.2, 0.25) is 0 Å². The lowest BCUT2D eigenvalue weighted by molar-refractivity contribution is 0.0872. The van der Waals surface area contributed by atoms with Gasteiger partial charge in [0, 0.05) is 68.5 Å². The predicted molar refractivity (Wildman–Crippen MR) is 181 cm³/mol. The van der Waals surface area contributed by atoms with E-state index >= 15 is 0 Å². The molecule has 4 heterocycles. The number of nitrogens with zero attached hydrogens (tertiary/aromatic N) is 6. The van der Waals surface area contributed by atoms with Crippen molar-refractivity contribution in [1.29, 1.82) is 0 Å². The Morgan fingerprint density at radius 3 is 2.43 bits per heavy atom. The maximum Gasteiger partial charge on any atom is 0.272 e. The lowest BCUT2D eigenvalue weighted by Crippen LogP contribution is -2.49. The average molecular weight is 622 g/mol.